The van der Waals surface area contributed by atoms with Gasteiger partial charge in [0.25, 0.3) is 0 Å². The van der Waals surface area contributed by atoms with Gasteiger partial charge in [-0.15, -0.1) is 0 Å². The standard InChI is InChI=1S/C17H23FN6O/c18-15-9-19-17(20-10-15)24-3-1-2-13(12-24)16-14(8-21-22-16)11-23-4-6-25-7-5-23/h8-10,13H,1-7,11-12H2,(H,21,22)/t13-/m0/s1. The van der Waals surface area contributed by atoms with E-state index in [0.717, 1.165) is 58.8 Å². The first-order valence-electron chi connectivity index (χ1n) is 8.84. The van der Waals surface area contributed by atoms with Crippen LogP contribution in [0.15, 0.2) is 18.6 Å². The van der Waals surface area contributed by atoms with Gasteiger partial charge in [-0.2, -0.15) is 5.10 Å². The van der Waals surface area contributed by atoms with Crippen LogP contribution in [-0.4, -0.2) is 64.5 Å². The molecule has 25 heavy (non-hydrogen) atoms. The number of hydrogen-bond acceptors (Lipinski definition) is 6. The van der Waals surface area contributed by atoms with E-state index in [9.17, 15) is 4.39 Å². The molecule has 2 aromatic rings. The van der Waals surface area contributed by atoms with Crippen LogP contribution in [0, 0.1) is 5.82 Å². The van der Waals surface area contributed by atoms with Crippen LogP contribution in [0.2, 0.25) is 0 Å². The van der Waals surface area contributed by atoms with E-state index in [2.05, 4.69) is 30.0 Å². The summed E-state index contributed by atoms with van der Waals surface area (Å²) in [7, 11) is 0. The average molecular weight is 346 g/mol. The lowest BCUT2D eigenvalue weighted by Gasteiger charge is -2.33. The fourth-order valence-corrected chi connectivity index (χ4v) is 3.66. The topological polar surface area (TPSA) is 70.2 Å². The smallest absolute Gasteiger partial charge is 0.225 e. The highest BCUT2D eigenvalue weighted by Crippen LogP contribution is 2.30. The predicted octanol–water partition coefficient (Wildman–Crippen LogP) is 1.55. The number of halogens is 1. The number of ether oxygens (including phenoxy) is 1. The zero-order chi connectivity index (χ0) is 17.1. The maximum absolute atomic E-state index is 13.1. The van der Waals surface area contributed by atoms with Gasteiger partial charge in [0.2, 0.25) is 5.95 Å². The second-order valence-electron chi connectivity index (χ2n) is 6.68. The number of aromatic nitrogens is 4. The summed E-state index contributed by atoms with van der Waals surface area (Å²) in [5.41, 5.74) is 2.46. The number of rotatable bonds is 4. The van der Waals surface area contributed by atoms with E-state index >= 15 is 0 Å². The summed E-state index contributed by atoms with van der Waals surface area (Å²) < 4.78 is 18.5. The average Bonchev–Trinajstić information content (AvgIpc) is 3.11. The molecular formula is C17H23FN6O. The molecule has 1 atom stereocenters. The summed E-state index contributed by atoms with van der Waals surface area (Å²) in [5.74, 6) is 0.556. The molecule has 0 aromatic carbocycles. The van der Waals surface area contributed by atoms with Crippen LogP contribution in [0.1, 0.15) is 30.0 Å². The van der Waals surface area contributed by atoms with Crippen molar-refractivity contribution in [1.82, 2.24) is 25.1 Å². The summed E-state index contributed by atoms with van der Waals surface area (Å²) in [6.45, 7) is 6.14. The van der Waals surface area contributed by atoms with Crippen molar-refractivity contribution in [1.29, 1.82) is 0 Å². The minimum absolute atomic E-state index is 0.362. The monoisotopic (exact) mass is 346 g/mol. The minimum Gasteiger partial charge on any atom is -0.379 e. The molecule has 0 spiro atoms. The molecule has 7 nitrogen and oxygen atoms in total. The SMILES string of the molecule is Fc1cnc(N2CCC[C@H](c3[nH]ncc3CN3CCOCC3)C2)nc1. The first kappa shape index (κ1) is 16.4. The van der Waals surface area contributed by atoms with E-state index in [-0.39, 0.29) is 0 Å². The van der Waals surface area contributed by atoms with E-state index in [1.807, 2.05) is 6.20 Å². The van der Waals surface area contributed by atoms with Crippen molar-refractivity contribution in [2.75, 3.05) is 44.3 Å². The van der Waals surface area contributed by atoms with E-state index in [1.54, 1.807) is 0 Å². The van der Waals surface area contributed by atoms with Crippen molar-refractivity contribution in [2.45, 2.75) is 25.3 Å². The number of piperidine rings is 1. The molecule has 134 valence electrons. The maximum atomic E-state index is 13.1. The largest absolute Gasteiger partial charge is 0.379 e. The third kappa shape index (κ3) is 3.80. The fraction of sp³-hybridized carbons (Fsp3) is 0.588. The Labute approximate surface area is 146 Å². The summed E-state index contributed by atoms with van der Waals surface area (Å²) in [6.07, 6.45) is 6.56. The van der Waals surface area contributed by atoms with Gasteiger partial charge in [-0.05, 0) is 12.8 Å². The normalized spacial score (nSPS) is 22.3. The number of H-pyrrole nitrogens is 1. The first-order valence-corrected chi connectivity index (χ1v) is 8.84. The Balaban J connectivity index is 1.46. The van der Waals surface area contributed by atoms with E-state index in [4.69, 9.17) is 4.74 Å². The van der Waals surface area contributed by atoms with Crippen LogP contribution in [0.5, 0.6) is 0 Å². The Morgan fingerprint density at radius 2 is 1.96 bits per heavy atom. The van der Waals surface area contributed by atoms with Crippen LogP contribution < -0.4 is 4.90 Å². The lowest BCUT2D eigenvalue weighted by atomic mass is 9.92. The molecule has 0 unspecified atom stereocenters. The van der Waals surface area contributed by atoms with Gasteiger partial charge in [0, 0.05) is 49.9 Å². The predicted molar refractivity (Wildman–Crippen MR) is 90.9 cm³/mol. The Bertz CT molecular complexity index is 685. The lowest BCUT2D eigenvalue weighted by molar-refractivity contribution is 0.0340. The number of anilines is 1. The summed E-state index contributed by atoms with van der Waals surface area (Å²) in [5, 5.41) is 7.50. The number of nitrogens with zero attached hydrogens (tertiary/aromatic N) is 5. The molecular weight excluding hydrogens is 323 g/mol. The minimum atomic E-state index is -0.404. The molecule has 0 amide bonds. The number of hydrogen-bond donors (Lipinski definition) is 1. The third-order valence-electron chi connectivity index (χ3n) is 4.97. The van der Waals surface area contributed by atoms with Crippen molar-refractivity contribution in [3.63, 3.8) is 0 Å². The molecule has 1 N–H and O–H groups in total. The zero-order valence-corrected chi connectivity index (χ0v) is 14.2. The third-order valence-corrected chi connectivity index (χ3v) is 4.97. The molecule has 0 saturated carbocycles. The number of aromatic amines is 1. The Morgan fingerprint density at radius 3 is 2.76 bits per heavy atom. The van der Waals surface area contributed by atoms with Crippen LogP contribution in [0.25, 0.3) is 0 Å². The van der Waals surface area contributed by atoms with Crippen LogP contribution in [0.3, 0.4) is 0 Å². The molecule has 4 heterocycles. The molecule has 2 fully saturated rings. The van der Waals surface area contributed by atoms with Gasteiger partial charge >= 0.3 is 0 Å². The highest BCUT2D eigenvalue weighted by molar-refractivity contribution is 5.33. The molecule has 2 aromatic heterocycles. The Kier molecular flexibility index (Phi) is 4.89. The number of morpholine rings is 1. The van der Waals surface area contributed by atoms with Gasteiger partial charge in [-0.3, -0.25) is 10.00 Å². The van der Waals surface area contributed by atoms with E-state index in [0.29, 0.717) is 11.9 Å². The summed E-state index contributed by atoms with van der Waals surface area (Å²) >= 11 is 0. The fourth-order valence-electron chi connectivity index (χ4n) is 3.66. The Morgan fingerprint density at radius 1 is 1.16 bits per heavy atom. The van der Waals surface area contributed by atoms with Crippen LogP contribution in [-0.2, 0) is 11.3 Å². The molecule has 4 rings (SSSR count). The first-order chi connectivity index (χ1) is 12.3. The van der Waals surface area contributed by atoms with Crippen molar-refractivity contribution in [3.05, 3.63) is 35.7 Å². The van der Waals surface area contributed by atoms with Gasteiger partial charge in [0.15, 0.2) is 5.82 Å². The quantitative estimate of drug-likeness (QED) is 0.906. The lowest BCUT2D eigenvalue weighted by Crippen LogP contribution is -2.37. The molecule has 2 aliphatic rings. The Hall–Kier alpha value is -2.06. The number of nitrogens with one attached hydrogen (secondary N) is 1. The van der Waals surface area contributed by atoms with Crippen LogP contribution >= 0.6 is 0 Å². The molecule has 0 bridgehead atoms. The van der Waals surface area contributed by atoms with Gasteiger partial charge in [0.1, 0.15) is 0 Å². The molecule has 2 saturated heterocycles. The second-order valence-corrected chi connectivity index (χ2v) is 6.68. The van der Waals surface area contributed by atoms with Gasteiger partial charge in [0.05, 0.1) is 31.8 Å². The molecule has 8 heteroatoms. The highest BCUT2D eigenvalue weighted by Gasteiger charge is 2.26. The summed E-state index contributed by atoms with van der Waals surface area (Å²) in [4.78, 5) is 12.8. The van der Waals surface area contributed by atoms with E-state index in [1.165, 1.54) is 23.7 Å². The van der Waals surface area contributed by atoms with Gasteiger partial charge in [-0.1, -0.05) is 0 Å². The van der Waals surface area contributed by atoms with Crippen molar-refractivity contribution < 1.29 is 9.13 Å². The highest BCUT2D eigenvalue weighted by atomic mass is 19.1. The zero-order valence-electron chi connectivity index (χ0n) is 14.2. The molecule has 2 aliphatic heterocycles. The van der Waals surface area contributed by atoms with Crippen molar-refractivity contribution in [2.24, 2.45) is 0 Å². The maximum Gasteiger partial charge on any atom is 0.225 e. The summed E-state index contributed by atoms with van der Waals surface area (Å²) in [6, 6.07) is 0. The van der Waals surface area contributed by atoms with Crippen LogP contribution in [0.4, 0.5) is 10.3 Å². The van der Waals surface area contributed by atoms with E-state index < -0.39 is 5.82 Å². The van der Waals surface area contributed by atoms with Gasteiger partial charge < -0.3 is 9.64 Å². The van der Waals surface area contributed by atoms with Crippen molar-refractivity contribution >= 4 is 5.95 Å². The molecule has 0 radical (unpaired) electrons. The second kappa shape index (κ2) is 7.45. The van der Waals surface area contributed by atoms with Gasteiger partial charge in [-0.25, -0.2) is 14.4 Å². The van der Waals surface area contributed by atoms with Crippen molar-refractivity contribution in [3.8, 4) is 0 Å². The molecule has 0 aliphatic carbocycles.